The first-order valence-electron chi connectivity index (χ1n) is 14.1. The highest BCUT2D eigenvalue weighted by atomic mass is 16.4. The predicted octanol–water partition coefficient (Wildman–Crippen LogP) is 3.95. The van der Waals surface area contributed by atoms with Crippen molar-refractivity contribution in [1.82, 2.24) is 15.1 Å². The smallest absolute Gasteiger partial charge is 0.335 e. The number of nitrogens with one attached hydrogen (secondary N) is 1. The summed E-state index contributed by atoms with van der Waals surface area (Å²) in [5.41, 5.74) is 2.21. The molecule has 0 spiro atoms. The van der Waals surface area contributed by atoms with Crippen LogP contribution in [0.25, 0.3) is 0 Å². The van der Waals surface area contributed by atoms with Crippen molar-refractivity contribution >= 4 is 17.8 Å². The van der Waals surface area contributed by atoms with Gasteiger partial charge in [0.2, 0.25) is 11.8 Å². The van der Waals surface area contributed by atoms with Gasteiger partial charge in [0.05, 0.1) is 18.2 Å². The largest absolute Gasteiger partial charge is 0.478 e. The summed E-state index contributed by atoms with van der Waals surface area (Å²) < 4.78 is 0. The first kappa shape index (κ1) is 25.1. The van der Waals surface area contributed by atoms with Crippen LogP contribution in [-0.2, 0) is 9.59 Å². The van der Waals surface area contributed by atoms with Gasteiger partial charge in [0, 0.05) is 31.6 Å². The van der Waals surface area contributed by atoms with Gasteiger partial charge >= 0.3 is 5.97 Å². The van der Waals surface area contributed by atoms with E-state index in [1.54, 1.807) is 12.1 Å². The molecule has 4 saturated carbocycles. The van der Waals surface area contributed by atoms with Crippen molar-refractivity contribution in [2.24, 2.45) is 23.2 Å². The Kier molecular flexibility index (Phi) is 6.72. The van der Waals surface area contributed by atoms with Gasteiger partial charge in [0.25, 0.3) is 0 Å². The molecule has 1 aliphatic heterocycles. The third kappa shape index (κ3) is 4.84. The molecule has 2 aromatic rings. The highest BCUT2D eigenvalue weighted by Gasteiger charge is 2.54. The fraction of sp³-hybridized carbons (Fsp3) is 0.516. The standard InChI is InChI=1S/C31H37N3O4/c35-27(20-32-30(38)31-17-21-14-22(18-31)16-23(15-21)19-31)33-10-12-34(13-11-33)28(24-4-2-1-3-5-24)25-6-8-26(9-7-25)29(36)37/h1-9,21-23,28H,10-20H2,(H,32,38)(H,36,37). The Morgan fingerprint density at radius 1 is 0.816 bits per heavy atom. The number of benzene rings is 2. The molecule has 7 rings (SSSR count). The van der Waals surface area contributed by atoms with Gasteiger partial charge in [-0.3, -0.25) is 14.5 Å². The Balaban J connectivity index is 1.07. The summed E-state index contributed by atoms with van der Waals surface area (Å²) in [4.78, 5) is 41.9. The average molecular weight is 516 g/mol. The molecule has 200 valence electrons. The maximum absolute atomic E-state index is 13.3. The van der Waals surface area contributed by atoms with E-state index in [-0.39, 0.29) is 35.4 Å². The molecule has 1 atom stereocenters. The van der Waals surface area contributed by atoms with Crippen LogP contribution in [0.2, 0.25) is 0 Å². The molecule has 5 fully saturated rings. The van der Waals surface area contributed by atoms with Crippen molar-refractivity contribution in [3.63, 3.8) is 0 Å². The highest BCUT2D eigenvalue weighted by Crippen LogP contribution is 2.60. The van der Waals surface area contributed by atoms with Crippen molar-refractivity contribution < 1.29 is 19.5 Å². The zero-order chi connectivity index (χ0) is 26.3. The fourth-order valence-corrected chi connectivity index (χ4v) is 8.13. The summed E-state index contributed by atoms with van der Waals surface area (Å²) >= 11 is 0. The van der Waals surface area contributed by atoms with E-state index in [0.29, 0.717) is 43.9 Å². The van der Waals surface area contributed by atoms with E-state index >= 15 is 0 Å². The fourth-order valence-electron chi connectivity index (χ4n) is 8.13. The zero-order valence-electron chi connectivity index (χ0n) is 21.9. The maximum atomic E-state index is 13.3. The van der Waals surface area contributed by atoms with Crippen LogP contribution in [-0.4, -0.2) is 65.4 Å². The molecule has 1 heterocycles. The van der Waals surface area contributed by atoms with Gasteiger partial charge in [-0.1, -0.05) is 42.5 Å². The molecule has 7 heteroatoms. The minimum atomic E-state index is -0.935. The number of piperazine rings is 1. The Labute approximate surface area is 224 Å². The lowest BCUT2D eigenvalue weighted by Gasteiger charge is -2.55. The SMILES string of the molecule is O=C(O)c1ccc(C(c2ccccc2)N2CCN(C(=O)CNC(=O)C34CC5CC(CC(C5)C3)C4)CC2)cc1. The molecule has 38 heavy (non-hydrogen) atoms. The van der Waals surface area contributed by atoms with Gasteiger partial charge in [-0.25, -0.2) is 4.79 Å². The topological polar surface area (TPSA) is 89.9 Å². The molecular formula is C31H37N3O4. The second-order valence-electron chi connectivity index (χ2n) is 12.0. The summed E-state index contributed by atoms with van der Waals surface area (Å²) in [5.74, 6) is 1.27. The van der Waals surface area contributed by atoms with Gasteiger partial charge in [-0.15, -0.1) is 0 Å². The predicted molar refractivity (Wildman–Crippen MR) is 143 cm³/mol. The number of carbonyl (C=O) groups is 3. The Bertz CT molecular complexity index is 1150. The Morgan fingerprint density at radius 2 is 1.37 bits per heavy atom. The zero-order valence-corrected chi connectivity index (χ0v) is 21.9. The number of hydrogen-bond acceptors (Lipinski definition) is 4. The number of carboxylic acids is 1. The monoisotopic (exact) mass is 515 g/mol. The van der Waals surface area contributed by atoms with Crippen LogP contribution in [0.15, 0.2) is 54.6 Å². The van der Waals surface area contributed by atoms with Crippen molar-refractivity contribution in [3.05, 3.63) is 71.3 Å². The van der Waals surface area contributed by atoms with Crippen LogP contribution < -0.4 is 5.32 Å². The molecule has 1 unspecified atom stereocenters. The summed E-state index contributed by atoms with van der Waals surface area (Å²) in [5, 5.41) is 12.3. The third-order valence-corrected chi connectivity index (χ3v) is 9.54. The van der Waals surface area contributed by atoms with Crippen LogP contribution in [0.5, 0.6) is 0 Å². The Morgan fingerprint density at radius 3 is 1.92 bits per heavy atom. The second-order valence-corrected chi connectivity index (χ2v) is 12.0. The van der Waals surface area contributed by atoms with Gasteiger partial charge in [-0.2, -0.15) is 0 Å². The summed E-state index contributed by atoms with van der Waals surface area (Å²) in [6, 6.07) is 17.3. The Hall–Kier alpha value is -3.19. The molecule has 2 N–H and O–H groups in total. The summed E-state index contributed by atoms with van der Waals surface area (Å²) in [6.07, 6.45) is 6.90. The average Bonchev–Trinajstić information content (AvgIpc) is 2.92. The van der Waals surface area contributed by atoms with E-state index in [1.807, 2.05) is 35.2 Å². The summed E-state index contributed by atoms with van der Waals surface area (Å²) in [6.45, 7) is 2.69. The van der Waals surface area contributed by atoms with Gasteiger partial charge in [-0.05, 0) is 79.5 Å². The molecule has 2 amide bonds. The minimum Gasteiger partial charge on any atom is -0.478 e. The van der Waals surface area contributed by atoms with Gasteiger partial charge in [0.1, 0.15) is 0 Å². The lowest BCUT2D eigenvalue weighted by molar-refractivity contribution is -0.148. The van der Waals surface area contributed by atoms with Crippen LogP contribution in [0, 0.1) is 23.2 Å². The lowest BCUT2D eigenvalue weighted by Crippen LogP contribution is -2.56. The first-order chi connectivity index (χ1) is 18.4. The number of nitrogens with zero attached hydrogens (tertiary/aromatic N) is 2. The van der Waals surface area contributed by atoms with E-state index in [9.17, 15) is 19.5 Å². The number of aromatic carboxylic acids is 1. The van der Waals surface area contributed by atoms with Crippen molar-refractivity contribution in [2.45, 2.75) is 44.6 Å². The van der Waals surface area contributed by atoms with E-state index in [2.05, 4.69) is 22.3 Å². The molecule has 5 aliphatic rings. The minimum absolute atomic E-state index is 0.00944. The van der Waals surface area contributed by atoms with E-state index in [4.69, 9.17) is 0 Å². The maximum Gasteiger partial charge on any atom is 0.335 e. The van der Waals surface area contributed by atoms with Crippen LogP contribution in [0.4, 0.5) is 0 Å². The lowest BCUT2D eigenvalue weighted by atomic mass is 9.49. The molecule has 0 aromatic heterocycles. The number of rotatable bonds is 7. The molecular weight excluding hydrogens is 478 g/mol. The second kappa shape index (κ2) is 10.2. The van der Waals surface area contributed by atoms with Crippen LogP contribution >= 0.6 is 0 Å². The first-order valence-corrected chi connectivity index (χ1v) is 14.1. The number of carbonyl (C=O) groups excluding carboxylic acids is 2. The molecule has 7 nitrogen and oxygen atoms in total. The van der Waals surface area contributed by atoms with Gasteiger partial charge < -0.3 is 15.3 Å². The van der Waals surface area contributed by atoms with Crippen molar-refractivity contribution in [2.75, 3.05) is 32.7 Å². The van der Waals surface area contributed by atoms with E-state index in [1.165, 1.54) is 19.3 Å². The van der Waals surface area contributed by atoms with Crippen LogP contribution in [0.3, 0.4) is 0 Å². The molecule has 2 aromatic carbocycles. The van der Waals surface area contributed by atoms with Gasteiger partial charge in [0.15, 0.2) is 0 Å². The number of carboxylic acid groups (broad SMARTS) is 1. The molecule has 0 radical (unpaired) electrons. The highest BCUT2D eigenvalue weighted by molar-refractivity contribution is 5.88. The van der Waals surface area contributed by atoms with E-state index < -0.39 is 5.97 Å². The summed E-state index contributed by atoms with van der Waals surface area (Å²) in [7, 11) is 0. The third-order valence-electron chi connectivity index (χ3n) is 9.54. The molecule has 1 saturated heterocycles. The molecule has 4 bridgehead atoms. The van der Waals surface area contributed by atoms with Crippen molar-refractivity contribution in [1.29, 1.82) is 0 Å². The molecule has 4 aliphatic carbocycles. The number of hydrogen-bond donors (Lipinski definition) is 2. The normalized spacial score (nSPS) is 29.2. The quantitative estimate of drug-likeness (QED) is 0.583. The number of amides is 2. The van der Waals surface area contributed by atoms with E-state index in [0.717, 1.165) is 30.4 Å². The van der Waals surface area contributed by atoms with Crippen LogP contribution in [0.1, 0.15) is 66.1 Å². The van der Waals surface area contributed by atoms with Crippen molar-refractivity contribution in [3.8, 4) is 0 Å².